The Balaban J connectivity index is 2.15. The molecule has 0 atom stereocenters. The number of aryl methyl sites for hydroxylation is 1. The van der Waals surface area contributed by atoms with Crippen molar-refractivity contribution in [3.05, 3.63) is 58.1 Å². The van der Waals surface area contributed by atoms with Gasteiger partial charge in [0.2, 0.25) is 0 Å². The molecule has 0 aromatic carbocycles. The summed E-state index contributed by atoms with van der Waals surface area (Å²) < 4.78 is 6.56. The Morgan fingerprint density at radius 1 is 1.38 bits per heavy atom. The summed E-state index contributed by atoms with van der Waals surface area (Å²) in [7, 11) is 0. The van der Waals surface area contributed by atoms with Crippen molar-refractivity contribution in [2.75, 3.05) is 0 Å². The molecule has 0 radical (unpaired) electrons. The van der Waals surface area contributed by atoms with Crippen LogP contribution in [-0.2, 0) is 11.4 Å². The number of aliphatic carboxylic acids is 1. The highest BCUT2D eigenvalue weighted by molar-refractivity contribution is 9.10. The maximum Gasteiger partial charge on any atom is 0.328 e. The highest BCUT2D eigenvalue weighted by atomic mass is 79.9. The van der Waals surface area contributed by atoms with E-state index in [9.17, 15) is 4.79 Å². The number of aromatic nitrogens is 2. The average Bonchev–Trinajstić information content (AvgIpc) is 2.45. The van der Waals surface area contributed by atoms with E-state index in [0.29, 0.717) is 11.4 Å². The molecule has 2 aromatic rings. The molecular formula is C15H13BrN2O3. The van der Waals surface area contributed by atoms with E-state index in [-0.39, 0.29) is 6.61 Å². The lowest BCUT2D eigenvalue weighted by Gasteiger charge is -2.09. The van der Waals surface area contributed by atoms with Gasteiger partial charge in [-0.05, 0) is 53.2 Å². The number of carboxylic acid groups (broad SMARTS) is 1. The molecule has 108 valence electrons. The van der Waals surface area contributed by atoms with Crippen LogP contribution in [0.4, 0.5) is 0 Å². The van der Waals surface area contributed by atoms with E-state index in [1.54, 1.807) is 12.3 Å². The van der Waals surface area contributed by atoms with Crippen molar-refractivity contribution in [3.63, 3.8) is 0 Å². The van der Waals surface area contributed by atoms with E-state index in [1.807, 2.05) is 25.1 Å². The standard InChI is InChI=1S/C15H13BrN2O3/c1-10-2-6-14(13(18-10)5-7-15(19)20)21-9-12-4-3-11(16)8-17-12/h2-8H,9H2,1H3,(H,19,20)/b7-5+. The number of carbonyl (C=O) groups is 1. The molecule has 1 N–H and O–H groups in total. The molecule has 6 heteroatoms. The van der Waals surface area contributed by atoms with Crippen LogP contribution in [-0.4, -0.2) is 21.0 Å². The fourth-order valence-corrected chi connectivity index (χ4v) is 1.83. The van der Waals surface area contributed by atoms with Crippen molar-refractivity contribution in [1.82, 2.24) is 9.97 Å². The van der Waals surface area contributed by atoms with Crippen LogP contribution in [0.1, 0.15) is 17.1 Å². The van der Waals surface area contributed by atoms with E-state index >= 15 is 0 Å². The Labute approximate surface area is 130 Å². The zero-order valence-electron chi connectivity index (χ0n) is 11.3. The van der Waals surface area contributed by atoms with Gasteiger partial charge in [-0.15, -0.1) is 0 Å². The SMILES string of the molecule is Cc1ccc(OCc2ccc(Br)cn2)c(/C=C/C(=O)O)n1. The molecule has 0 aliphatic rings. The van der Waals surface area contributed by atoms with Gasteiger partial charge in [-0.1, -0.05) is 0 Å². The largest absolute Gasteiger partial charge is 0.485 e. The van der Waals surface area contributed by atoms with Crippen LogP contribution < -0.4 is 4.74 Å². The molecule has 0 bridgehead atoms. The van der Waals surface area contributed by atoms with E-state index in [4.69, 9.17) is 9.84 Å². The number of ether oxygens (including phenoxy) is 1. The Morgan fingerprint density at radius 3 is 2.86 bits per heavy atom. The van der Waals surface area contributed by atoms with Crippen molar-refractivity contribution < 1.29 is 14.6 Å². The predicted molar refractivity (Wildman–Crippen MR) is 81.9 cm³/mol. The number of pyridine rings is 2. The normalized spacial score (nSPS) is 10.8. The van der Waals surface area contributed by atoms with Gasteiger partial charge in [0, 0.05) is 22.4 Å². The third kappa shape index (κ3) is 4.68. The number of carboxylic acids is 1. The van der Waals surface area contributed by atoms with Crippen molar-refractivity contribution in [3.8, 4) is 5.75 Å². The summed E-state index contributed by atoms with van der Waals surface area (Å²) in [6.07, 6.45) is 4.14. The number of hydrogen-bond donors (Lipinski definition) is 1. The number of rotatable bonds is 5. The zero-order chi connectivity index (χ0) is 15.2. The minimum atomic E-state index is -1.03. The van der Waals surface area contributed by atoms with Gasteiger partial charge >= 0.3 is 5.97 Å². The molecule has 2 heterocycles. The first-order valence-electron chi connectivity index (χ1n) is 6.16. The topological polar surface area (TPSA) is 72.3 Å². The Hall–Kier alpha value is -2.21. The molecule has 5 nitrogen and oxygen atoms in total. The summed E-state index contributed by atoms with van der Waals surface area (Å²) in [5, 5.41) is 8.70. The van der Waals surface area contributed by atoms with Gasteiger partial charge in [0.25, 0.3) is 0 Å². The van der Waals surface area contributed by atoms with Crippen LogP contribution >= 0.6 is 15.9 Å². The zero-order valence-corrected chi connectivity index (χ0v) is 12.9. The van der Waals surface area contributed by atoms with Crippen LogP contribution in [0.5, 0.6) is 5.75 Å². The van der Waals surface area contributed by atoms with Gasteiger partial charge in [-0.25, -0.2) is 9.78 Å². The summed E-state index contributed by atoms with van der Waals surface area (Å²) in [5.41, 5.74) is 2.04. The van der Waals surface area contributed by atoms with Gasteiger partial charge < -0.3 is 9.84 Å². The van der Waals surface area contributed by atoms with Crippen LogP contribution in [0, 0.1) is 6.92 Å². The summed E-state index contributed by atoms with van der Waals surface area (Å²) in [4.78, 5) is 19.1. The maximum absolute atomic E-state index is 10.6. The highest BCUT2D eigenvalue weighted by Gasteiger charge is 2.05. The van der Waals surface area contributed by atoms with Crippen molar-refractivity contribution >= 4 is 28.0 Å². The average molecular weight is 349 g/mol. The van der Waals surface area contributed by atoms with Crippen molar-refractivity contribution in [2.45, 2.75) is 13.5 Å². The van der Waals surface area contributed by atoms with Gasteiger partial charge in [-0.2, -0.15) is 0 Å². The minimum Gasteiger partial charge on any atom is -0.485 e. The molecule has 21 heavy (non-hydrogen) atoms. The Kier molecular flexibility index (Phi) is 5.05. The number of hydrogen-bond acceptors (Lipinski definition) is 4. The summed E-state index contributed by atoms with van der Waals surface area (Å²) in [6.45, 7) is 2.12. The fourth-order valence-electron chi connectivity index (χ4n) is 1.60. The number of halogens is 1. The summed E-state index contributed by atoms with van der Waals surface area (Å²) in [5.74, 6) is -0.512. The second-order valence-corrected chi connectivity index (χ2v) is 5.18. The first-order chi connectivity index (χ1) is 10.0. The first kappa shape index (κ1) is 15.2. The predicted octanol–water partition coefficient (Wildman–Crippen LogP) is 3.22. The van der Waals surface area contributed by atoms with E-state index in [0.717, 1.165) is 21.9 Å². The van der Waals surface area contributed by atoms with Gasteiger partial charge in [0.15, 0.2) is 0 Å². The second kappa shape index (κ2) is 6.99. The van der Waals surface area contributed by atoms with Gasteiger partial charge in [-0.3, -0.25) is 4.98 Å². The lowest BCUT2D eigenvalue weighted by Crippen LogP contribution is -2.01. The smallest absolute Gasteiger partial charge is 0.328 e. The molecule has 0 fully saturated rings. The quantitative estimate of drug-likeness (QED) is 0.839. The first-order valence-corrected chi connectivity index (χ1v) is 6.96. The van der Waals surface area contributed by atoms with E-state index in [2.05, 4.69) is 25.9 Å². The Morgan fingerprint density at radius 2 is 2.19 bits per heavy atom. The van der Waals surface area contributed by atoms with E-state index < -0.39 is 5.97 Å². The molecule has 0 saturated carbocycles. The minimum absolute atomic E-state index is 0.284. The molecule has 0 aliphatic carbocycles. The summed E-state index contributed by atoms with van der Waals surface area (Å²) in [6, 6.07) is 7.30. The van der Waals surface area contributed by atoms with Crippen LogP contribution in [0.2, 0.25) is 0 Å². The molecule has 0 aliphatic heterocycles. The van der Waals surface area contributed by atoms with Gasteiger partial charge in [0.05, 0.1) is 5.69 Å². The Bertz CT molecular complexity index is 669. The van der Waals surface area contributed by atoms with Crippen LogP contribution in [0.15, 0.2) is 41.0 Å². The maximum atomic E-state index is 10.6. The molecule has 2 rings (SSSR count). The third-order valence-electron chi connectivity index (χ3n) is 2.57. The number of nitrogens with zero attached hydrogens (tertiary/aromatic N) is 2. The molecule has 0 unspecified atom stereocenters. The van der Waals surface area contributed by atoms with E-state index in [1.165, 1.54) is 6.08 Å². The monoisotopic (exact) mass is 348 g/mol. The molecule has 0 amide bonds. The highest BCUT2D eigenvalue weighted by Crippen LogP contribution is 2.20. The van der Waals surface area contributed by atoms with Crippen molar-refractivity contribution in [1.29, 1.82) is 0 Å². The summed E-state index contributed by atoms with van der Waals surface area (Å²) >= 11 is 3.32. The fraction of sp³-hybridized carbons (Fsp3) is 0.133. The lowest BCUT2D eigenvalue weighted by atomic mass is 10.2. The lowest BCUT2D eigenvalue weighted by molar-refractivity contribution is -0.131. The second-order valence-electron chi connectivity index (χ2n) is 4.26. The molecule has 0 saturated heterocycles. The molecular weight excluding hydrogens is 336 g/mol. The van der Waals surface area contributed by atoms with Crippen LogP contribution in [0.25, 0.3) is 6.08 Å². The third-order valence-corrected chi connectivity index (χ3v) is 3.04. The van der Waals surface area contributed by atoms with Gasteiger partial charge in [0.1, 0.15) is 18.1 Å². The van der Waals surface area contributed by atoms with Crippen molar-refractivity contribution in [2.24, 2.45) is 0 Å². The van der Waals surface area contributed by atoms with Crippen LogP contribution in [0.3, 0.4) is 0 Å². The molecule has 2 aromatic heterocycles. The molecule has 0 spiro atoms.